The van der Waals surface area contributed by atoms with Gasteiger partial charge in [-0.25, -0.2) is 4.79 Å². The number of aliphatic hydroxyl groups is 1. The van der Waals surface area contributed by atoms with Gasteiger partial charge in [0.2, 0.25) is 0 Å². The maximum Gasteiger partial charge on any atom is 0.330 e. The highest BCUT2D eigenvalue weighted by molar-refractivity contribution is 5.81. The summed E-state index contributed by atoms with van der Waals surface area (Å²) in [5.41, 5.74) is 8.66. The molecule has 0 aromatic heterocycles. The maximum absolute atomic E-state index is 11.4. The summed E-state index contributed by atoms with van der Waals surface area (Å²) in [6, 6.07) is 21.2. The summed E-state index contributed by atoms with van der Waals surface area (Å²) in [4.78, 5) is 11.4. The van der Waals surface area contributed by atoms with Crippen LogP contribution in [0.2, 0.25) is 0 Å². The highest BCUT2D eigenvalue weighted by atomic mass is 16.5. The SMILES string of the molecule is C=CC(=O)OCc1cc(-c2ccc(-c3ccc(CCCCC)cc3)cc2C)ccc1CO. The molecule has 0 saturated heterocycles. The number of unbranched alkanes of at least 4 members (excludes halogenated alkanes) is 2. The van der Waals surface area contributed by atoms with Crippen molar-refractivity contribution in [1.29, 1.82) is 0 Å². The van der Waals surface area contributed by atoms with Gasteiger partial charge in [-0.1, -0.05) is 80.9 Å². The smallest absolute Gasteiger partial charge is 0.330 e. The summed E-state index contributed by atoms with van der Waals surface area (Å²) in [5, 5.41) is 9.64. The minimum absolute atomic E-state index is 0.104. The molecule has 32 heavy (non-hydrogen) atoms. The number of aliphatic hydroxyl groups excluding tert-OH is 1. The number of hydrogen-bond acceptors (Lipinski definition) is 3. The predicted octanol–water partition coefficient (Wildman–Crippen LogP) is 6.78. The van der Waals surface area contributed by atoms with Crippen LogP contribution in [0.1, 0.15) is 48.4 Å². The lowest BCUT2D eigenvalue weighted by atomic mass is 9.93. The van der Waals surface area contributed by atoms with Crippen molar-refractivity contribution in [2.24, 2.45) is 0 Å². The van der Waals surface area contributed by atoms with Crippen LogP contribution in [0.4, 0.5) is 0 Å². The fourth-order valence-corrected chi connectivity index (χ4v) is 3.90. The summed E-state index contributed by atoms with van der Waals surface area (Å²) in [6.45, 7) is 7.76. The van der Waals surface area contributed by atoms with Gasteiger partial charge in [0.15, 0.2) is 0 Å². The Kier molecular flexibility index (Phi) is 8.41. The third kappa shape index (κ3) is 5.95. The van der Waals surface area contributed by atoms with Gasteiger partial charge in [0.25, 0.3) is 0 Å². The predicted molar refractivity (Wildman–Crippen MR) is 131 cm³/mol. The first-order valence-electron chi connectivity index (χ1n) is 11.3. The number of carbonyl (C=O) groups excluding carboxylic acids is 1. The third-order valence-corrected chi connectivity index (χ3v) is 5.81. The molecule has 166 valence electrons. The van der Waals surface area contributed by atoms with Gasteiger partial charge in [-0.3, -0.25) is 0 Å². The van der Waals surface area contributed by atoms with Crippen LogP contribution in [0.25, 0.3) is 22.3 Å². The van der Waals surface area contributed by atoms with Crippen molar-refractivity contribution in [2.75, 3.05) is 0 Å². The topological polar surface area (TPSA) is 46.5 Å². The Morgan fingerprint density at radius 3 is 2.31 bits per heavy atom. The summed E-state index contributed by atoms with van der Waals surface area (Å²) < 4.78 is 5.19. The van der Waals surface area contributed by atoms with Crippen molar-refractivity contribution in [3.63, 3.8) is 0 Å². The van der Waals surface area contributed by atoms with Crippen LogP contribution in [-0.2, 0) is 29.2 Å². The molecule has 0 atom stereocenters. The van der Waals surface area contributed by atoms with Crippen molar-refractivity contribution in [3.05, 3.63) is 95.6 Å². The first kappa shape index (κ1) is 23.5. The Morgan fingerprint density at radius 1 is 0.938 bits per heavy atom. The van der Waals surface area contributed by atoms with E-state index in [1.54, 1.807) is 0 Å². The van der Waals surface area contributed by atoms with Crippen LogP contribution in [0, 0.1) is 6.92 Å². The van der Waals surface area contributed by atoms with Gasteiger partial charge in [-0.15, -0.1) is 0 Å². The number of aryl methyl sites for hydroxylation is 2. The van der Waals surface area contributed by atoms with Crippen LogP contribution in [-0.4, -0.2) is 11.1 Å². The van der Waals surface area contributed by atoms with E-state index in [1.807, 2.05) is 18.2 Å². The minimum Gasteiger partial charge on any atom is -0.458 e. The second-order valence-electron chi connectivity index (χ2n) is 8.14. The number of carbonyl (C=O) groups is 1. The fraction of sp³-hybridized carbons (Fsp3) is 0.276. The molecular weight excluding hydrogens is 396 g/mol. The largest absolute Gasteiger partial charge is 0.458 e. The molecule has 0 saturated carbocycles. The monoisotopic (exact) mass is 428 g/mol. The van der Waals surface area contributed by atoms with E-state index in [2.05, 4.69) is 62.9 Å². The fourth-order valence-electron chi connectivity index (χ4n) is 3.90. The van der Waals surface area contributed by atoms with Crippen LogP contribution in [0.15, 0.2) is 73.3 Å². The minimum atomic E-state index is -0.476. The Labute approximate surface area is 191 Å². The van der Waals surface area contributed by atoms with Crippen molar-refractivity contribution in [2.45, 2.75) is 52.7 Å². The van der Waals surface area contributed by atoms with Crippen LogP contribution in [0.3, 0.4) is 0 Å². The lowest BCUT2D eigenvalue weighted by Crippen LogP contribution is -2.03. The number of hydrogen-bond donors (Lipinski definition) is 1. The summed E-state index contributed by atoms with van der Waals surface area (Å²) in [5.74, 6) is -0.476. The average molecular weight is 429 g/mol. The van der Waals surface area contributed by atoms with E-state index in [4.69, 9.17) is 4.74 Å². The highest BCUT2D eigenvalue weighted by Crippen LogP contribution is 2.30. The van der Waals surface area contributed by atoms with E-state index in [0.29, 0.717) is 0 Å². The highest BCUT2D eigenvalue weighted by Gasteiger charge is 2.10. The molecule has 3 nitrogen and oxygen atoms in total. The molecule has 3 aromatic carbocycles. The average Bonchev–Trinajstić information content (AvgIpc) is 2.83. The van der Waals surface area contributed by atoms with Gasteiger partial charge in [0.05, 0.1) is 6.61 Å². The standard InChI is InChI=1S/C29H32O3/c1-4-6-7-8-22-9-11-23(12-10-22)24-15-16-28(21(3)17-24)25-13-14-26(19-30)27(18-25)20-32-29(31)5-2/h5,9-18,30H,2,4,6-8,19-20H2,1,3H3. The number of rotatable bonds is 10. The van der Waals surface area contributed by atoms with Gasteiger partial charge < -0.3 is 9.84 Å². The summed E-state index contributed by atoms with van der Waals surface area (Å²) in [6.07, 6.45) is 6.05. The zero-order chi connectivity index (χ0) is 22.9. The first-order chi connectivity index (χ1) is 15.5. The molecule has 3 aromatic rings. The van der Waals surface area contributed by atoms with E-state index in [1.165, 1.54) is 41.5 Å². The van der Waals surface area contributed by atoms with Gasteiger partial charge in [0, 0.05) is 6.08 Å². The van der Waals surface area contributed by atoms with Gasteiger partial charge in [-0.05, 0) is 70.3 Å². The molecule has 0 radical (unpaired) electrons. The molecule has 0 aliphatic rings. The summed E-state index contributed by atoms with van der Waals surface area (Å²) >= 11 is 0. The normalized spacial score (nSPS) is 10.7. The molecule has 0 unspecified atom stereocenters. The Balaban J connectivity index is 1.81. The van der Waals surface area contributed by atoms with E-state index >= 15 is 0 Å². The van der Waals surface area contributed by atoms with E-state index < -0.39 is 5.97 Å². The molecule has 3 heteroatoms. The van der Waals surface area contributed by atoms with Crippen molar-refractivity contribution in [1.82, 2.24) is 0 Å². The lowest BCUT2D eigenvalue weighted by Gasteiger charge is -2.13. The Morgan fingerprint density at radius 2 is 1.66 bits per heavy atom. The van der Waals surface area contributed by atoms with Crippen LogP contribution < -0.4 is 0 Å². The van der Waals surface area contributed by atoms with Crippen molar-refractivity contribution >= 4 is 5.97 Å². The molecule has 0 spiro atoms. The van der Waals surface area contributed by atoms with Gasteiger partial charge in [0.1, 0.15) is 6.61 Å². The Bertz CT molecular complexity index is 1060. The third-order valence-electron chi connectivity index (χ3n) is 5.81. The number of benzene rings is 3. The second kappa shape index (κ2) is 11.4. The van der Waals surface area contributed by atoms with Crippen molar-refractivity contribution < 1.29 is 14.6 Å². The maximum atomic E-state index is 11.4. The Hall–Kier alpha value is -3.17. The lowest BCUT2D eigenvalue weighted by molar-refractivity contribution is -0.139. The van der Waals surface area contributed by atoms with Crippen molar-refractivity contribution in [3.8, 4) is 22.3 Å². The second-order valence-corrected chi connectivity index (χ2v) is 8.14. The molecule has 0 aliphatic heterocycles. The molecule has 0 heterocycles. The van der Waals surface area contributed by atoms with Crippen LogP contribution >= 0.6 is 0 Å². The van der Waals surface area contributed by atoms with Gasteiger partial charge in [-0.2, -0.15) is 0 Å². The zero-order valence-corrected chi connectivity index (χ0v) is 19.1. The quantitative estimate of drug-likeness (QED) is 0.220. The molecule has 0 bridgehead atoms. The first-order valence-corrected chi connectivity index (χ1v) is 11.3. The van der Waals surface area contributed by atoms with Gasteiger partial charge >= 0.3 is 5.97 Å². The van der Waals surface area contributed by atoms with E-state index in [0.717, 1.165) is 34.8 Å². The molecule has 0 amide bonds. The number of esters is 1. The van der Waals surface area contributed by atoms with Crippen LogP contribution in [0.5, 0.6) is 0 Å². The molecule has 1 N–H and O–H groups in total. The molecule has 3 rings (SSSR count). The molecule has 0 fully saturated rings. The molecular formula is C29H32O3. The van der Waals surface area contributed by atoms with E-state index in [9.17, 15) is 9.90 Å². The summed E-state index contributed by atoms with van der Waals surface area (Å²) in [7, 11) is 0. The molecule has 0 aliphatic carbocycles. The zero-order valence-electron chi connectivity index (χ0n) is 19.1. The van der Waals surface area contributed by atoms with E-state index in [-0.39, 0.29) is 13.2 Å². The number of ether oxygens (including phenoxy) is 1.